The number of aromatic nitrogens is 2. The average Bonchev–Trinajstić information content (AvgIpc) is 3.25. The first-order valence-corrected chi connectivity index (χ1v) is 9.09. The predicted molar refractivity (Wildman–Crippen MR) is 95.8 cm³/mol. The SMILES string of the molecule is Cn1c(=O)n(CCC(=O)N2C[C@@H]3CCC[C@@]3(C(=O)O)C2)c2ccccc21. The number of aliphatic carboxylic acids is 1. The Hall–Kier alpha value is -2.57. The van der Waals surface area contributed by atoms with Gasteiger partial charge in [0.25, 0.3) is 0 Å². The number of hydrogen-bond acceptors (Lipinski definition) is 3. The standard InChI is InChI=1S/C19H23N3O4/c1-20-14-6-2-3-7-15(14)22(18(20)26)10-8-16(23)21-11-13-5-4-9-19(13,12-21)17(24)25/h2-3,6-7,13H,4-5,8-12H2,1H3,(H,24,25)/t13-,19+/m0/s1. The van der Waals surface area contributed by atoms with Crippen molar-refractivity contribution in [2.45, 2.75) is 32.2 Å². The third-order valence-electron chi connectivity index (χ3n) is 6.25. The van der Waals surface area contributed by atoms with Gasteiger partial charge in [-0.1, -0.05) is 18.6 Å². The summed E-state index contributed by atoms with van der Waals surface area (Å²) in [4.78, 5) is 38.6. The summed E-state index contributed by atoms with van der Waals surface area (Å²) in [5, 5.41) is 9.65. The van der Waals surface area contributed by atoms with Crippen molar-refractivity contribution >= 4 is 22.9 Å². The van der Waals surface area contributed by atoms with E-state index in [1.54, 1.807) is 21.1 Å². The number of carboxylic acid groups (broad SMARTS) is 1. The zero-order valence-corrected chi connectivity index (χ0v) is 14.9. The molecule has 0 radical (unpaired) electrons. The molecule has 7 heteroatoms. The number of imidazole rings is 1. The fourth-order valence-corrected chi connectivity index (χ4v) is 4.77. The average molecular weight is 357 g/mol. The Balaban J connectivity index is 1.50. The number of fused-ring (bicyclic) bond motifs is 2. The molecule has 2 fully saturated rings. The quantitative estimate of drug-likeness (QED) is 0.897. The molecule has 138 valence electrons. The van der Waals surface area contributed by atoms with Crippen molar-refractivity contribution in [3.63, 3.8) is 0 Å². The Morgan fingerprint density at radius 2 is 2.00 bits per heavy atom. The molecule has 7 nitrogen and oxygen atoms in total. The van der Waals surface area contributed by atoms with Crippen LogP contribution in [0.25, 0.3) is 11.0 Å². The van der Waals surface area contributed by atoms with E-state index in [0.717, 1.165) is 23.9 Å². The highest BCUT2D eigenvalue weighted by Crippen LogP contribution is 2.48. The predicted octanol–water partition coefficient (Wildman–Crippen LogP) is 1.44. The minimum Gasteiger partial charge on any atom is -0.481 e. The molecule has 1 N–H and O–H groups in total. The van der Waals surface area contributed by atoms with E-state index >= 15 is 0 Å². The first-order valence-electron chi connectivity index (χ1n) is 9.09. The van der Waals surface area contributed by atoms with Crippen molar-refractivity contribution in [3.8, 4) is 0 Å². The fraction of sp³-hybridized carbons (Fsp3) is 0.526. The molecule has 0 bridgehead atoms. The third kappa shape index (κ3) is 2.37. The summed E-state index contributed by atoms with van der Waals surface area (Å²) in [6.07, 6.45) is 2.65. The van der Waals surface area contributed by atoms with Gasteiger partial charge in [0.05, 0.1) is 16.4 Å². The van der Waals surface area contributed by atoms with Gasteiger partial charge >= 0.3 is 11.7 Å². The minimum absolute atomic E-state index is 0.0595. The summed E-state index contributed by atoms with van der Waals surface area (Å²) in [5.74, 6) is -0.787. The monoisotopic (exact) mass is 357 g/mol. The maximum Gasteiger partial charge on any atom is 0.328 e. The Morgan fingerprint density at radius 3 is 2.69 bits per heavy atom. The van der Waals surface area contributed by atoms with Crippen molar-refractivity contribution in [1.29, 1.82) is 0 Å². The van der Waals surface area contributed by atoms with Gasteiger partial charge in [-0.15, -0.1) is 0 Å². The molecule has 2 heterocycles. The topological polar surface area (TPSA) is 84.5 Å². The van der Waals surface area contributed by atoms with Crippen LogP contribution in [0.4, 0.5) is 0 Å². The lowest BCUT2D eigenvalue weighted by atomic mass is 9.81. The Bertz CT molecular complexity index is 944. The van der Waals surface area contributed by atoms with Gasteiger partial charge in [-0.3, -0.25) is 18.7 Å². The lowest BCUT2D eigenvalue weighted by Crippen LogP contribution is -2.37. The number of para-hydroxylation sites is 2. The highest BCUT2D eigenvalue weighted by Gasteiger charge is 2.55. The molecule has 1 amide bonds. The number of aryl methyl sites for hydroxylation is 2. The van der Waals surface area contributed by atoms with E-state index in [-0.39, 0.29) is 23.9 Å². The number of carbonyl (C=O) groups excluding carboxylic acids is 1. The van der Waals surface area contributed by atoms with Crippen LogP contribution in [0.3, 0.4) is 0 Å². The maximum atomic E-state index is 12.7. The van der Waals surface area contributed by atoms with Gasteiger partial charge in [0.1, 0.15) is 0 Å². The largest absolute Gasteiger partial charge is 0.481 e. The summed E-state index contributed by atoms with van der Waals surface area (Å²) in [6.45, 7) is 1.13. The second-order valence-electron chi connectivity index (χ2n) is 7.56. The van der Waals surface area contributed by atoms with Crippen LogP contribution in [0.1, 0.15) is 25.7 Å². The van der Waals surface area contributed by atoms with Crippen LogP contribution in [0.2, 0.25) is 0 Å². The van der Waals surface area contributed by atoms with Gasteiger partial charge in [-0.05, 0) is 30.9 Å². The number of amides is 1. The van der Waals surface area contributed by atoms with E-state index < -0.39 is 11.4 Å². The lowest BCUT2D eigenvalue weighted by molar-refractivity contribution is -0.149. The molecule has 1 aromatic heterocycles. The highest BCUT2D eigenvalue weighted by atomic mass is 16.4. The van der Waals surface area contributed by atoms with Crippen LogP contribution in [-0.2, 0) is 23.2 Å². The molecule has 2 aliphatic rings. The van der Waals surface area contributed by atoms with Crippen molar-refractivity contribution in [2.24, 2.45) is 18.4 Å². The first-order chi connectivity index (χ1) is 12.4. The van der Waals surface area contributed by atoms with Crippen LogP contribution in [0, 0.1) is 11.3 Å². The Kier molecular flexibility index (Phi) is 3.89. The molecule has 4 rings (SSSR count). The summed E-state index contributed by atoms with van der Waals surface area (Å²) in [6, 6.07) is 7.51. The molecule has 1 saturated heterocycles. The van der Waals surface area contributed by atoms with Gasteiger partial charge in [0.2, 0.25) is 5.91 Å². The van der Waals surface area contributed by atoms with E-state index in [4.69, 9.17) is 0 Å². The van der Waals surface area contributed by atoms with Gasteiger partial charge in [0, 0.05) is 33.1 Å². The fourth-order valence-electron chi connectivity index (χ4n) is 4.77. The van der Waals surface area contributed by atoms with Crippen LogP contribution in [0.15, 0.2) is 29.1 Å². The van der Waals surface area contributed by atoms with Gasteiger partial charge < -0.3 is 10.0 Å². The number of likely N-dealkylation sites (tertiary alicyclic amines) is 1. The third-order valence-corrected chi connectivity index (χ3v) is 6.25. The normalized spacial score (nSPS) is 25.0. The number of nitrogens with zero attached hydrogens (tertiary/aromatic N) is 3. The van der Waals surface area contributed by atoms with Gasteiger partial charge in [0.15, 0.2) is 0 Å². The van der Waals surface area contributed by atoms with Crippen molar-refractivity contribution in [3.05, 3.63) is 34.7 Å². The molecule has 2 aromatic rings. The van der Waals surface area contributed by atoms with Crippen LogP contribution >= 0.6 is 0 Å². The van der Waals surface area contributed by atoms with Crippen molar-refractivity contribution in [1.82, 2.24) is 14.0 Å². The van der Waals surface area contributed by atoms with Crippen molar-refractivity contribution in [2.75, 3.05) is 13.1 Å². The number of benzene rings is 1. The minimum atomic E-state index is -0.777. The van der Waals surface area contributed by atoms with Gasteiger partial charge in [-0.25, -0.2) is 4.79 Å². The number of hydrogen-bond donors (Lipinski definition) is 1. The molecule has 1 saturated carbocycles. The van der Waals surface area contributed by atoms with Crippen LogP contribution in [-0.4, -0.2) is 44.1 Å². The lowest BCUT2D eigenvalue weighted by Gasteiger charge is -2.23. The molecular weight excluding hydrogens is 334 g/mol. The highest BCUT2D eigenvalue weighted by molar-refractivity contribution is 5.82. The molecular formula is C19H23N3O4. The zero-order chi connectivity index (χ0) is 18.5. The summed E-state index contributed by atoms with van der Waals surface area (Å²) in [5.41, 5.74) is 0.754. The van der Waals surface area contributed by atoms with E-state index in [1.165, 1.54) is 0 Å². The van der Waals surface area contributed by atoms with Gasteiger partial charge in [-0.2, -0.15) is 0 Å². The maximum absolute atomic E-state index is 12.7. The smallest absolute Gasteiger partial charge is 0.328 e. The summed E-state index contributed by atoms with van der Waals surface area (Å²) < 4.78 is 3.20. The summed E-state index contributed by atoms with van der Waals surface area (Å²) >= 11 is 0. The van der Waals surface area contributed by atoms with Crippen LogP contribution in [0.5, 0.6) is 0 Å². The molecule has 1 aromatic carbocycles. The number of carboxylic acids is 1. The number of carbonyl (C=O) groups is 2. The molecule has 1 aliphatic heterocycles. The van der Waals surface area contributed by atoms with E-state index in [1.807, 2.05) is 24.3 Å². The molecule has 1 aliphatic carbocycles. The zero-order valence-electron chi connectivity index (χ0n) is 14.9. The molecule has 2 atom stereocenters. The van der Waals surface area contributed by atoms with Crippen molar-refractivity contribution < 1.29 is 14.7 Å². The Morgan fingerprint density at radius 1 is 1.27 bits per heavy atom. The van der Waals surface area contributed by atoms with E-state index in [9.17, 15) is 19.5 Å². The first kappa shape index (κ1) is 16.9. The molecule has 0 unspecified atom stereocenters. The van der Waals surface area contributed by atoms with E-state index in [2.05, 4.69) is 0 Å². The number of rotatable bonds is 4. The molecule has 26 heavy (non-hydrogen) atoms. The van der Waals surface area contributed by atoms with Crippen LogP contribution < -0.4 is 5.69 Å². The molecule has 0 spiro atoms. The second-order valence-corrected chi connectivity index (χ2v) is 7.56. The summed E-state index contributed by atoms with van der Waals surface area (Å²) in [7, 11) is 1.72. The van der Waals surface area contributed by atoms with E-state index in [0.29, 0.717) is 26.1 Å². The second kappa shape index (κ2) is 6.00. The Labute approximate surface area is 150 Å².